The molecule has 2 saturated carbocycles. The van der Waals surface area contributed by atoms with Gasteiger partial charge in [-0.15, -0.1) is 0 Å². The molecule has 0 unspecified atom stereocenters. The van der Waals surface area contributed by atoms with Gasteiger partial charge in [-0.05, 0) is 80.0 Å². The fourth-order valence-corrected chi connectivity index (χ4v) is 8.16. The fourth-order valence-electron chi connectivity index (χ4n) is 8.16. The van der Waals surface area contributed by atoms with Crippen LogP contribution in [0, 0.1) is 5.82 Å². The monoisotopic (exact) mass is 651 g/mol. The number of nitrogens with zero attached hydrogens (tertiary/aromatic N) is 7. The van der Waals surface area contributed by atoms with Crippen molar-refractivity contribution in [1.82, 2.24) is 33.9 Å². The minimum absolute atomic E-state index is 0.0526. The predicted octanol–water partition coefficient (Wildman–Crippen LogP) is 4.20. The second-order valence-electron chi connectivity index (χ2n) is 13.9. The number of amides is 1. The molecule has 4 heterocycles. The molecule has 0 bridgehead atoms. The average molecular weight is 652 g/mol. The molecule has 2 aliphatic carbocycles. The normalized spacial score (nSPS) is 23.1. The molecule has 2 saturated heterocycles. The minimum Gasteiger partial charge on any atom is -0.301 e. The Bertz CT molecular complexity index is 1990. The fraction of sp³-hybridized carbons (Fsp3) is 0.459. The quantitative estimate of drug-likeness (QED) is 0.296. The second kappa shape index (κ2) is 12.0. The molecule has 10 nitrogen and oxygen atoms in total. The van der Waals surface area contributed by atoms with E-state index < -0.39 is 17.1 Å². The van der Waals surface area contributed by atoms with E-state index in [1.807, 2.05) is 36.3 Å². The molecule has 0 radical (unpaired) electrons. The highest BCUT2D eigenvalue weighted by atomic mass is 19.1. The van der Waals surface area contributed by atoms with E-state index in [0.29, 0.717) is 31.4 Å². The first-order valence-electron chi connectivity index (χ1n) is 17.3. The van der Waals surface area contributed by atoms with Crippen molar-refractivity contribution in [2.75, 3.05) is 39.8 Å². The molecule has 4 aliphatic rings. The van der Waals surface area contributed by atoms with Crippen LogP contribution in [0.2, 0.25) is 0 Å². The van der Waals surface area contributed by atoms with Crippen LogP contribution in [0.5, 0.6) is 0 Å². The van der Waals surface area contributed by atoms with Gasteiger partial charge < -0.3 is 4.90 Å². The number of carbonyl (C=O) groups excluding carboxylic acids is 1. The zero-order valence-electron chi connectivity index (χ0n) is 27.6. The molecular weight excluding hydrogens is 609 g/mol. The van der Waals surface area contributed by atoms with Crippen LogP contribution in [-0.2, 0) is 11.3 Å². The second-order valence-corrected chi connectivity index (χ2v) is 13.9. The van der Waals surface area contributed by atoms with Gasteiger partial charge in [0.1, 0.15) is 11.4 Å². The third kappa shape index (κ3) is 5.19. The summed E-state index contributed by atoms with van der Waals surface area (Å²) in [5.74, 6) is -0.435. The Kier molecular flexibility index (Phi) is 7.81. The highest BCUT2D eigenvalue weighted by Gasteiger charge is 2.66. The summed E-state index contributed by atoms with van der Waals surface area (Å²) >= 11 is 0. The van der Waals surface area contributed by atoms with Gasteiger partial charge in [0.15, 0.2) is 5.65 Å². The molecule has 0 N–H and O–H groups in total. The van der Waals surface area contributed by atoms with Crippen LogP contribution in [0.3, 0.4) is 0 Å². The van der Waals surface area contributed by atoms with Gasteiger partial charge in [-0.25, -0.2) is 23.7 Å². The summed E-state index contributed by atoms with van der Waals surface area (Å²) in [5.41, 5.74) is 2.59. The predicted molar refractivity (Wildman–Crippen MR) is 182 cm³/mol. The molecule has 1 spiro atoms. The van der Waals surface area contributed by atoms with Gasteiger partial charge in [0.05, 0.1) is 17.3 Å². The van der Waals surface area contributed by atoms with Gasteiger partial charge in [-0.2, -0.15) is 0 Å². The summed E-state index contributed by atoms with van der Waals surface area (Å²) < 4.78 is 17.2. The van der Waals surface area contributed by atoms with Crippen molar-refractivity contribution in [3.05, 3.63) is 93.0 Å². The Labute approximate surface area is 279 Å². The van der Waals surface area contributed by atoms with Crippen molar-refractivity contribution in [2.24, 2.45) is 0 Å². The lowest BCUT2D eigenvalue weighted by Crippen LogP contribution is -2.72. The lowest BCUT2D eigenvalue weighted by molar-refractivity contribution is -0.207. The van der Waals surface area contributed by atoms with Crippen LogP contribution >= 0.6 is 0 Å². The van der Waals surface area contributed by atoms with Crippen LogP contribution in [0.15, 0.2) is 70.4 Å². The van der Waals surface area contributed by atoms with Crippen molar-refractivity contribution < 1.29 is 9.18 Å². The van der Waals surface area contributed by atoms with Crippen molar-refractivity contribution in [3.63, 3.8) is 0 Å². The number of hydrogen-bond acceptors (Lipinski definition) is 7. The maximum atomic E-state index is 14.5. The first-order valence-corrected chi connectivity index (χ1v) is 17.3. The van der Waals surface area contributed by atoms with E-state index in [4.69, 9.17) is 0 Å². The smallest absolute Gasteiger partial charge is 0.301 e. The zero-order chi connectivity index (χ0) is 33.2. The van der Waals surface area contributed by atoms with Crippen LogP contribution in [0.25, 0.3) is 27.8 Å². The van der Waals surface area contributed by atoms with E-state index in [1.165, 1.54) is 20.8 Å². The van der Waals surface area contributed by atoms with Gasteiger partial charge in [-0.3, -0.25) is 24.1 Å². The van der Waals surface area contributed by atoms with E-state index in [0.717, 1.165) is 69.4 Å². The molecule has 48 heavy (non-hydrogen) atoms. The van der Waals surface area contributed by atoms with Crippen LogP contribution in [0.1, 0.15) is 57.1 Å². The minimum atomic E-state index is -0.630. The van der Waals surface area contributed by atoms with Gasteiger partial charge in [-0.1, -0.05) is 43.3 Å². The van der Waals surface area contributed by atoms with Crippen molar-refractivity contribution >= 4 is 16.9 Å². The highest BCUT2D eigenvalue weighted by Crippen LogP contribution is 2.52. The SMILES string of the molecule is CCN1CCN(Cc2ccc(-c3cccc(-n4c(=O)n(C5CCC(N6C(=O)C7(CC7)N6C)CC5)c(=O)c5cc(F)cnc54)c3)cc2)CC1. The Balaban J connectivity index is 1.08. The molecule has 250 valence electrons. The zero-order valence-corrected chi connectivity index (χ0v) is 27.6. The number of carbonyl (C=O) groups is 1. The summed E-state index contributed by atoms with van der Waals surface area (Å²) in [6.07, 6.45) is 5.37. The number of piperazine rings is 1. The molecule has 2 aromatic heterocycles. The first kappa shape index (κ1) is 31.1. The summed E-state index contributed by atoms with van der Waals surface area (Å²) in [7, 11) is 1.98. The third-order valence-corrected chi connectivity index (χ3v) is 11.3. The molecule has 8 rings (SSSR count). The first-order chi connectivity index (χ1) is 23.3. The van der Waals surface area contributed by atoms with E-state index in [9.17, 15) is 18.8 Å². The Morgan fingerprint density at radius 3 is 2.21 bits per heavy atom. The number of hydrogen-bond donors (Lipinski definition) is 0. The topological polar surface area (TPSA) is 86.9 Å². The van der Waals surface area contributed by atoms with Gasteiger partial charge in [0, 0.05) is 51.9 Å². The van der Waals surface area contributed by atoms with Gasteiger partial charge in [0.2, 0.25) is 0 Å². The van der Waals surface area contributed by atoms with Crippen molar-refractivity contribution in [3.8, 4) is 16.8 Å². The standard InChI is InChI=1S/C37H42FN7O3/c1-3-41-17-19-42(20-18-41)24-25-7-9-26(10-8-25)27-5-4-6-31(21-27)43-33-32(22-28(38)23-39-33)34(46)44(36(43)48)29-11-13-30(14-12-29)45-35(47)37(15-16-37)40(45)2/h4-10,21-23,29-30H,3,11-20,24H2,1-2H3. The molecule has 4 fully saturated rings. The molecular formula is C37H42FN7O3. The highest BCUT2D eigenvalue weighted by molar-refractivity contribution is 5.94. The van der Waals surface area contributed by atoms with Gasteiger partial charge >= 0.3 is 5.69 Å². The summed E-state index contributed by atoms with van der Waals surface area (Å²) in [6.45, 7) is 8.55. The number of hydrazine groups is 1. The molecule has 11 heteroatoms. The molecule has 0 atom stereocenters. The Morgan fingerprint density at radius 1 is 0.854 bits per heavy atom. The summed E-state index contributed by atoms with van der Waals surface area (Å²) in [6, 6.07) is 17.0. The number of halogens is 1. The van der Waals surface area contributed by atoms with E-state index >= 15 is 0 Å². The van der Waals surface area contributed by atoms with E-state index in [2.05, 4.69) is 51.0 Å². The van der Waals surface area contributed by atoms with Crippen LogP contribution in [0.4, 0.5) is 4.39 Å². The number of rotatable bonds is 7. The van der Waals surface area contributed by atoms with Crippen molar-refractivity contribution in [2.45, 2.75) is 69.6 Å². The van der Waals surface area contributed by atoms with Crippen LogP contribution in [-0.4, -0.2) is 91.2 Å². The molecule has 4 aromatic rings. The lowest BCUT2D eigenvalue weighted by atomic mass is 9.89. The maximum Gasteiger partial charge on any atom is 0.337 e. The maximum absolute atomic E-state index is 14.5. The largest absolute Gasteiger partial charge is 0.337 e. The Morgan fingerprint density at radius 2 is 1.54 bits per heavy atom. The van der Waals surface area contributed by atoms with Gasteiger partial charge in [0.25, 0.3) is 11.5 Å². The number of pyridine rings is 1. The number of likely N-dealkylation sites (N-methyl/N-ethyl adjacent to an activating group) is 2. The van der Waals surface area contributed by atoms with E-state index in [1.54, 1.807) is 0 Å². The third-order valence-electron chi connectivity index (χ3n) is 11.3. The average Bonchev–Trinajstić information content (AvgIpc) is 3.95. The molecule has 2 aliphatic heterocycles. The Hall–Kier alpha value is -4.19. The lowest BCUT2D eigenvalue weighted by Gasteiger charge is -2.53. The van der Waals surface area contributed by atoms with Crippen LogP contribution < -0.4 is 11.2 Å². The van der Waals surface area contributed by atoms with E-state index in [-0.39, 0.29) is 34.6 Å². The number of benzene rings is 2. The molecule has 1 amide bonds. The van der Waals surface area contributed by atoms with Crippen molar-refractivity contribution in [1.29, 1.82) is 0 Å². The molecule has 2 aromatic carbocycles. The summed E-state index contributed by atoms with van der Waals surface area (Å²) in [4.78, 5) is 50.2. The number of fused-ring (bicyclic) bond motifs is 1. The summed E-state index contributed by atoms with van der Waals surface area (Å²) in [5, 5.41) is 4.02. The number of aromatic nitrogens is 3.